The summed E-state index contributed by atoms with van der Waals surface area (Å²) in [6, 6.07) is 11.0. The molecule has 0 fully saturated rings. The van der Waals surface area contributed by atoms with Crippen LogP contribution in [0.4, 0.5) is 0 Å². The molecule has 1 atom stereocenters. The predicted molar refractivity (Wildman–Crippen MR) is 78.8 cm³/mol. The second-order valence-electron chi connectivity index (χ2n) is 5.05. The Bertz CT molecular complexity index is 648. The van der Waals surface area contributed by atoms with Crippen molar-refractivity contribution >= 4 is 10.0 Å². The van der Waals surface area contributed by atoms with Crippen LogP contribution in [0.5, 0.6) is 0 Å². The second-order valence-corrected chi connectivity index (χ2v) is 6.80. The van der Waals surface area contributed by atoms with Crippen LogP contribution in [-0.2, 0) is 22.2 Å². The lowest BCUT2D eigenvalue weighted by atomic mass is 10.2. The van der Waals surface area contributed by atoms with Gasteiger partial charge in [-0.15, -0.1) is 0 Å². The monoisotopic (exact) mass is 293 g/mol. The maximum Gasteiger partial charge on any atom is 0.216 e. The van der Waals surface area contributed by atoms with Crippen molar-refractivity contribution in [2.75, 3.05) is 0 Å². The van der Waals surface area contributed by atoms with E-state index in [1.165, 1.54) is 0 Å². The van der Waals surface area contributed by atoms with Crippen LogP contribution in [-0.4, -0.2) is 14.5 Å². The molecule has 2 rings (SSSR count). The van der Waals surface area contributed by atoms with Crippen LogP contribution in [0, 0.1) is 6.92 Å². The highest BCUT2D eigenvalue weighted by Gasteiger charge is 2.16. The van der Waals surface area contributed by atoms with Crippen molar-refractivity contribution in [1.29, 1.82) is 0 Å². The molecule has 1 aromatic heterocycles. The highest BCUT2D eigenvalue weighted by atomic mass is 32.2. The molecular formula is C15H19NO3S. The van der Waals surface area contributed by atoms with E-state index >= 15 is 0 Å². The van der Waals surface area contributed by atoms with E-state index in [9.17, 15) is 8.42 Å². The van der Waals surface area contributed by atoms with Crippen molar-refractivity contribution in [2.24, 2.45) is 0 Å². The molecule has 1 unspecified atom stereocenters. The number of nitrogens with one attached hydrogen (secondary N) is 1. The van der Waals surface area contributed by atoms with Gasteiger partial charge in [-0.1, -0.05) is 29.8 Å². The number of rotatable bonds is 6. The van der Waals surface area contributed by atoms with Gasteiger partial charge < -0.3 is 4.42 Å². The van der Waals surface area contributed by atoms with Crippen molar-refractivity contribution in [2.45, 2.75) is 32.1 Å². The van der Waals surface area contributed by atoms with Crippen LogP contribution in [0.2, 0.25) is 0 Å². The van der Waals surface area contributed by atoms with Crippen molar-refractivity contribution in [3.05, 3.63) is 59.5 Å². The molecule has 0 bridgehead atoms. The Morgan fingerprint density at radius 1 is 1.25 bits per heavy atom. The van der Waals surface area contributed by atoms with E-state index in [2.05, 4.69) is 4.72 Å². The van der Waals surface area contributed by atoms with E-state index in [0.29, 0.717) is 6.42 Å². The number of benzene rings is 1. The molecule has 0 spiro atoms. The van der Waals surface area contributed by atoms with Gasteiger partial charge in [0.25, 0.3) is 0 Å². The van der Waals surface area contributed by atoms with Crippen molar-refractivity contribution < 1.29 is 12.8 Å². The standard InChI is InChI=1S/C15H19NO3S/c1-12-5-3-6-14(9-12)11-20(17,18)16-13(2)10-15-7-4-8-19-15/h3-9,13,16H,10-11H2,1-2H3. The summed E-state index contributed by atoms with van der Waals surface area (Å²) in [6.45, 7) is 3.78. The van der Waals surface area contributed by atoms with Crippen LogP contribution in [0.15, 0.2) is 47.1 Å². The Balaban J connectivity index is 1.96. The SMILES string of the molecule is Cc1cccc(CS(=O)(=O)NC(C)Cc2ccco2)c1. The summed E-state index contributed by atoms with van der Waals surface area (Å²) in [5.74, 6) is 0.771. The van der Waals surface area contributed by atoms with E-state index in [-0.39, 0.29) is 11.8 Å². The lowest BCUT2D eigenvalue weighted by Gasteiger charge is -2.13. The van der Waals surface area contributed by atoms with Gasteiger partial charge in [0.15, 0.2) is 0 Å². The Morgan fingerprint density at radius 2 is 2.05 bits per heavy atom. The third kappa shape index (κ3) is 4.51. The zero-order valence-corrected chi connectivity index (χ0v) is 12.5. The van der Waals surface area contributed by atoms with Gasteiger partial charge in [0.05, 0.1) is 12.0 Å². The molecule has 0 radical (unpaired) electrons. The fourth-order valence-electron chi connectivity index (χ4n) is 2.14. The summed E-state index contributed by atoms with van der Waals surface area (Å²) < 4.78 is 32.1. The van der Waals surface area contributed by atoms with E-state index in [0.717, 1.165) is 16.9 Å². The van der Waals surface area contributed by atoms with Crippen LogP contribution < -0.4 is 4.72 Å². The van der Waals surface area contributed by atoms with Crippen molar-refractivity contribution in [3.8, 4) is 0 Å². The van der Waals surface area contributed by atoms with Crippen LogP contribution in [0.3, 0.4) is 0 Å². The smallest absolute Gasteiger partial charge is 0.216 e. The average molecular weight is 293 g/mol. The molecule has 0 saturated carbocycles. The van der Waals surface area contributed by atoms with Gasteiger partial charge in [-0.05, 0) is 31.5 Å². The van der Waals surface area contributed by atoms with E-state index < -0.39 is 10.0 Å². The van der Waals surface area contributed by atoms with E-state index in [1.807, 2.05) is 44.2 Å². The Kier molecular flexibility index (Phi) is 4.62. The fourth-order valence-corrected chi connectivity index (χ4v) is 3.54. The Labute approximate surface area is 119 Å². The zero-order valence-electron chi connectivity index (χ0n) is 11.7. The molecule has 20 heavy (non-hydrogen) atoms. The molecule has 0 aliphatic heterocycles. The van der Waals surface area contributed by atoms with Gasteiger partial charge in [0, 0.05) is 12.5 Å². The maximum absolute atomic E-state index is 12.1. The van der Waals surface area contributed by atoms with Gasteiger partial charge in [-0.25, -0.2) is 13.1 Å². The summed E-state index contributed by atoms with van der Waals surface area (Å²) in [4.78, 5) is 0. The molecule has 2 aromatic rings. The molecule has 0 saturated heterocycles. The molecule has 0 aliphatic rings. The third-order valence-corrected chi connectivity index (χ3v) is 4.38. The Hall–Kier alpha value is -1.59. The zero-order chi connectivity index (χ0) is 14.6. The van der Waals surface area contributed by atoms with Crippen LogP contribution in [0.25, 0.3) is 0 Å². The van der Waals surface area contributed by atoms with Gasteiger partial charge in [0.1, 0.15) is 5.76 Å². The van der Waals surface area contributed by atoms with Crippen LogP contribution in [0.1, 0.15) is 23.8 Å². The lowest BCUT2D eigenvalue weighted by molar-refractivity contribution is 0.479. The minimum Gasteiger partial charge on any atom is -0.469 e. The highest BCUT2D eigenvalue weighted by molar-refractivity contribution is 7.88. The minimum absolute atomic E-state index is 0.00280. The number of aryl methyl sites for hydroxylation is 1. The number of hydrogen-bond donors (Lipinski definition) is 1. The third-order valence-electron chi connectivity index (χ3n) is 2.91. The number of hydrogen-bond acceptors (Lipinski definition) is 3. The highest BCUT2D eigenvalue weighted by Crippen LogP contribution is 2.10. The lowest BCUT2D eigenvalue weighted by Crippen LogP contribution is -2.34. The van der Waals surface area contributed by atoms with Crippen molar-refractivity contribution in [3.63, 3.8) is 0 Å². The van der Waals surface area contributed by atoms with Gasteiger partial charge in [0.2, 0.25) is 10.0 Å². The molecule has 1 aromatic carbocycles. The first kappa shape index (κ1) is 14.8. The maximum atomic E-state index is 12.1. The normalized spacial score (nSPS) is 13.3. The first-order valence-corrected chi connectivity index (χ1v) is 8.18. The molecule has 1 N–H and O–H groups in total. The second kappa shape index (κ2) is 6.24. The molecule has 108 valence electrons. The largest absolute Gasteiger partial charge is 0.469 e. The predicted octanol–water partition coefficient (Wildman–Crippen LogP) is 2.64. The molecule has 5 heteroatoms. The average Bonchev–Trinajstić information content (AvgIpc) is 2.79. The minimum atomic E-state index is -3.35. The first-order chi connectivity index (χ1) is 9.44. The van der Waals surface area contributed by atoms with E-state index in [1.54, 1.807) is 12.3 Å². The van der Waals surface area contributed by atoms with Gasteiger partial charge in [-0.2, -0.15) is 0 Å². The molecule has 1 heterocycles. The molecule has 4 nitrogen and oxygen atoms in total. The molecule has 0 aliphatic carbocycles. The number of furan rings is 1. The summed E-state index contributed by atoms with van der Waals surface area (Å²) in [7, 11) is -3.35. The summed E-state index contributed by atoms with van der Waals surface area (Å²) >= 11 is 0. The van der Waals surface area contributed by atoms with E-state index in [4.69, 9.17) is 4.42 Å². The topological polar surface area (TPSA) is 59.3 Å². The summed E-state index contributed by atoms with van der Waals surface area (Å²) in [5.41, 5.74) is 1.85. The first-order valence-electron chi connectivity index (χ1n) is 6.52. The number of sulfonamides is 1. The Morgan fingerprint density at radius 3 is 2.70 bits per heavy atom. The van der Waals surface area contributed by atoms with Gasteiger partial charge in [-0.3, -0.25) is 0 Å². The summed E-state index contributed by atoms with van der Waals surface area (Å²) in [6.07, 6.45) is 2.13. The van der Waals surface area contributed by atoms with Gasteiger partial charge >= 0.3 is 0 Å². The van der Waals surface area contributed by atoms with Crippen molar-refractivity contribution in [1.82, 2.24) is 4.72 Å². The quantitative estimate of drug-likeness (QED) is 0.890. The fraction of sp³-hybridized carbons (Fsp3) is 0.333. The molecule has 0 amide bonds. The van der Waals surface area contributed by atoms with Crippen LogP contribution >= 0.6 is 0 Å². The molecular weight excluding hydrogens is 274 g/mol. The summed E-state index contributed by atoms with van der Waals surface area (Å²) in [5, 5.41) is 0.